The predicted molar refractivity (Wildman–Crippen MR) is 98.4 cm³/mol. The number of nitrogens with one attached hydrogen (secondary N) is 3. The van der Waals surface area contributed by atoms with E-state index in [4.69, 9.17) is 0 Å². The molecule has 26 heavy (non-hydrogen) atoms. The van der Waals surface area contributed by atoms with Gasteiger partial charge in [0.05, 0.1) is 17.1 Å². The molecule has 2 amide bonds. The van der Waals surface area contributed by atoms with Crippen LogP contribution in [-0.4, -0.2) is 27.6 Å². The molecule has 1 aromatic heterocycles. The van der Waals surface area contributed by atoms with Crippen molar-refractivity contribution in [2.24, 2.45) is 17.3 Å². The van der Waals surface area contributed by atoms with Crippen molar-refractivity contribution in [3.8, 4) is 0 Å². The quantitative estimate of drug-likeness (QED) is 0.794. The van der Waals surface area contributed by atoms with Crippen molar-refractivity contribution in [1.82, 2.24) is 15.5 Å². The lowest BCUT2D eigenvalue weighted by Crippen LogP contribution is -2.65. The van der Waals surface area contributed by atoms with Gasteiger partial charge in [-0.15, -0.1) is 0 Å². The second-order valence-electron chi connectivity index (χ2n) is 8.83. The Bertz CT molecular complexity index is 888. The molecule has 1 aromatic carbocycles. The summed E-state index contributed by atoms with van der Waals surface area (Å²) in [6, 6.07) is 5.82. The molecule has 4 fully saturated rings. The number of aromatic amines is 1. The third-order valence-corrected chi connectivity index (χ3v) is 6.68. The highest BCUT2D eigenvalue weighted by Crippen LogP contribution is 2.61. The number of carbonyl (C=O) groups is 2. The standard InChI is InChI=1S/C20H24N4O2/c1-12(25)23-20-8-13-4-14(9-20)7-19(6-13,11-20)18(26)22-16-2-3-17-15(5-16)10-21-24-17/h2-3,5,10,13-14H,4,6-9,11H2,1H3,(H,21,24)(H,22,26)(H,23,25)/t13-,14+,19?,20?. The molecule has 6 nitrogen and oxygen atoms in total. The Morgan fingerprint density at radius 2 is 1.96 bits per heavy atom. The molecule has 0 aliphatic heterocycles. The van der Waals surface area contributed by atoms with Crippen molar-refractivity contribution in [3.63, 3.8) is 0 Å². The van der Waals surface area contributed by atoms with E-state index in [1.807, 2.05) is 18.2 Å². The van der Waals surface area contributed by atoms with Crippen LogP contribution in [0.25, 0.3) is 10.9 Å². The minimum absolute atomic E-state index is 0.0212. The number of aromatic nitrogens is 2. The number of anilines is 1. The number of rotatable bonds is 3. The van der Waals surface area contributed by atoms with Crippen molar-refractivity contribution in [3.05, 3.63) is 24.4 Å². The fourth-order valence-corrected chi connectivity index (χ4v) is 6.33. The number of nitrogens with zero attached hydrogens (tertiary/aromatic N) is 1. The number of amides is 2. The maximum Gasteiger partial charge on any atom is 0.230 e. The molecule has 6 rings (SSSR count). The first-order valence-corrected chi connectivity index (χ1v) is 9.49. The highest BCUT2D eigenvalue weighted by Gasteiger charge is 2.60. The van der Waals surface area contributed by atoms with Crippen LogP contribution in [0.3, 0.4) is 0 Å². The van der Waals surface area contributed by atoms with Crippen LogP contribution in [-0.2, 0) is 9.59 Å². The molecule has 0 saturated heterocycles. The number of hydrogen-bond donors (Lipinski definition) is 3. The van der Waals surface area contributed by atoms with Gasteiger partial charge in [-0.05, 0) is 68.6 Å². The molecule has 2 aromatic rings. The van der Waals surface area contributed by atoms with Gasteiger partial charge in [-0.1, -0.05) is 0 Å². The zero-order chi connectivity index (χ0) is 17.9. The summed E-state index contributed by atoms with van der Waals surface area (Å²) >= 11 is 0. The average Bonchev–Trinajstić information content (AvgIpc) is 3.00. The van der Waals surface area contributed by atoms with E-state index in [-0.39, 0.29) is 22.8 Å². The lowest BCUT2D eigenvalue weighted by molar-refractivity contribution is -0.148. The Labute approximate surface area is 152 Å². The summed E-state index contributed by atoms with van der Waals surface area (Å²) in [6.07, 6.45) is 7.69. The van der Waals surface area contributed by atoms with Gasteiger partial charge in [0.25, 0.3) is 0 Å². The molecule has 6 heteroatoms. The average molecular weight is 352 g/mol. The normalized spacial score (nSPS) is 34.8. The summed E-state index contributed by atoms with van der Waals surface area (Å²) in [5.41, 5.74) is 1.25. The van der Waals surface area contributed by atoms with Crippen molar-refractivity contribution >= 4 is 28.4 Å². The molecular weight excluding hydrogens is 328 g/mol. The third-order valence-electron chi connectivity index (χ3n) is 6.68. The van der Waals surface area contributed by atoms with Gasteiger partial charge in [0.2, 0.25) is 11.8 Å². The summed E-state index contributed by atoms with van der Waals surface area (Å²) in [4.78, 5) is 25.1. The molecule has 1 heterocycles. The van der Waals surface area contributed by atoms with E-state index in [9.17, 15) is 9.59 Å². The maximum absolute atomic E-state index is 13.3. The Balaban J connectivity index is 1.42. The molecule has 4 atom stereocenters. The Hall–Kier alpha value is -2.37. The van der Waals surface area contributed by atoms with Crippen LogP contribution in [0.4, 0.5) is 5.69 Å². The first kappa shape index (κ1) is 15.9. The molecule has 2 unspecified atom stereocenters. The fourth-order valence-electron chi connectivity index (χ4n) is 6.33. The van der Waals surface area contributed by atoms with Crippen LogP contribution in [0, 0.1) is 17.3 Å². The topological polar surface area (TPSA) is 86.9 Å². The summed E-state index contributed by atoms with van der Waals surface area (Å²) in [5, 5.41) is 14.3. The van der Waals surface area contributed by atoms with E-state index in [0.29, 0.717) is 11.8 Å². The van der Waals surface area contributed by atoms with Gasteiger partial charge in [-0.3, -0.25) is 14.7 Å². The second kappa shape index (κ2) is 5.32. The van der Waals surface area contributed by atoms with Gasteiger partial charge in [-0.2, -0.15) is 5.10 Å². The summed E-state index contributed by atoms with van der Waals surface area (Å²) < 4.78 is 0. The zero-order valence-electron chi connectivity index (χ0n) is 15.0. The number of H-pyrrole nitrogens is 1. The minimum atomic E-state index is -0.349. The van der Waals surface area contributed by atoms with E-state index >= 15 is 0 Å². The van der Waals surface area contributed by atoms with Gasteiger partial charge in [-0.25, -0.2) is 0 Å². The monoisotopic (exact) mass is 352 g/mol. The van der Waals surface area contributed by atoms with Gasteiger partial charge in [0, 0.05) is 23.5 Å². The lowest BCUT2D eigenvalue weighted by atomic mass is 9.46. The van der Waals surface area contributed by atoms with Crippen molar-refractivity contribution < 1.29 is 9.59 Å². The van der Waals surface area contributed by atoms with Crippen LogP contribution in [0.5, 0.6) is 0 Å². The van der Waals surface area contributed by atoms with Gasteiger partial charge in [0.1, 0.15) is 0 Å². The van der Waals surface area contributed by atoms with Crippen molar-refractivity contribution in [1.29, 1.82) is 0 Å². The van der Waals surface area contributed by atoms with E-state index in [1.165, 1.54) is 6.42 Å². The van der Waals surface area contributed by atoms with Crippen LogP contribution < -0.4 is 10.6 Å². The van der Waals surface area contributed by atoms with E-state index < -0.39 is 0 Å². The Morgan fingerprint density at radius 1 is 1.19 bits per heavy atom. The maximum atomic E-state index is 13.3. The molecule has 4 aliphatic carbocycles. The first-order chi connectivity index (χ1) is 12.5. The van der Waals surface area contributed by atoms with E-state index in [1.54, 1.807) is 13.1 Å². The lowest BCUT2D eigenvalue weighted by Gasteiger charge is -2.61. The number of benzene rings is 1. The molecule has 4 saturated carbocycles. The molecule has 4 aliphatic rings. The molecule has 0 radical (unpaired) electrons. The second-order valence-corrected chi connectivity index (χ2v) is 8.83. The van der Waals surface area contributed by atoms with Crippen LogP contribution in [0.15, 0.2) is 24.4 Å². The van der Waals surface area contributed by atoms with Gasteiger partial charge in [0.15, 0.2) is 0 Å². The summed E-state index contributed by atoms with van der Waals surface area (Å²) in [6.45, 7) is 1.59. The van der Waals surface area contributed by atoms with E-state index in [0.717, 1.165) is 48.7 Å². The predicted octanol–water partition coefficient (Wildman–Crippen LogP) is 2.98. The highest BCUT2D eigenvalue weighted by atomic mass is 16.2. The Kier molecular flexibility index (Phi) is 3.24. The van der Waals surface area contributed by atoms with Crippen LogP contribution >= 0.6 is 0 Å². The number of hydrogen-bond acceptors (Lipinski definition) is 3. The zero-order valence-corrected chi connectivity index (χ0v) is 15.0. The minimum Gasteiger partial charge on any atom is -0.351 e. The molecule has 4 bridgehead atoms. The first-order valence-electron chi connectivity index (χ1n) is 9.49. The smallest absolute Gasteiger partial charge is 0.230 e. The summed E-state index contributed by atoms with van der Waals surface area (Å²) in [7, 11) is 0. The summed E-state index contributed by atoms with van der Waals surface area (Å²) in [5.74, 6) is 1.23. The van der Waals surface area contributed by atoms with Crippen LogP contribution in [0.2, 0.25) is 0 Å². The van der Waals surface area contributed by atoms with Crippen molar-refractivity contribution in [2.75, 3.05) is 5.32 Å². The largest absolute Gasteiger partial charge is 0.351 e. The third kappa shape index (κ3) is 2.42. The highest BCUT2D eigenvalue weighted by molar-refractivity contribution is 5.97. The molecule has 3 N–H and O–H groups in total. The van der Waals surface area contributed by atoms with Gasteiger partial charge < -0.3 is 10.6 Å². The van der Waals surface area contributed by atoms with Crippen molar-refractivity contribution in [2.45, 2.75) is 51.0 Å². The molecular formula is C20H24N4O2. The van der Waals surface area contributed by atoms with E-state index in [2.05, 4.69) is 20.8 Å². The van der Waals surface area contributed by atoms with Gasteiger partial charge >= 0.3 is 0 Å². The molecule has 136 valence electrons. The molecule has 0 spiro atoms. The number of carbonyl (C=O) groups excluding carboxylic acids is 2. The number of fused-ring (bicyclic) bond motifs is 1. The fraction of sp³-hybridized carbons (Fsp3) is 0.550. The Morgan fingerprint density at radius 3 is 2.69 bits per heavy atom. The SMILES string of the molecule is CC(=O)NC12C[C@H]3C[C@@H](C1)CC(C(=O)Nc1ccc4[nH]ncc4c1)(C3)C2. The van der Waals surface area contributed by atoms with Crippen LogP contribution in [0.1, 0.15) is 45.4 Å².